The van der Waals surface area contributed by atoms with Crippen LogP contribution >= 0.6 is 7.80 Å². The number of hydrogen-bond donors (Lipinski definition) is 0. The van der Waals surface area contributed by atoms with Crippen LogP contribution in [0.4, 0.5) is 0 Å². The average Bonchev–Trinajstić information content (AvgIpc) is 2.69. The van der Waals surface area contributed by atoms with Gasteiger partial charge in [-0.2, -0.15) is 0 Å². The predicted molar refractivity (Wildman–Crippen MR) is 121 cm³/mol. The molecule has 0 bridgehead atoms. The summed E-state index contributed by atoms with van der Waals surface area (Å²) in [4.78, 5) is 13.5. The summed E-state index contributed by atoms with van der Waals surface area (Å²) in [6.45, 7) is 12.5. The van der Waals surface area contributed by atoms with Gasteiger partial charge in [-0.15, -0.1) is 0 Å². The van der Waals surface area contributed by atoms with Crippen LogP contribution in [-0.2, 0) is 4.57 Å². The number of aryl methyl sites for hydroxylation is 2. The van der Waals surface area contributed by atoms with Crippen LogP contribution in [0.1, 0.15) is 77.7 Å². The van der Waals surface area contributed by atoms with E-state index in [0.717, 1.165) is 46.8 Å². The van der Waals surface area contributed by atoms with Crippen molar-refractivity contribution >= 4 is 18.9 Å². The average molecular weight is 398 g/mol. The number of carbonyl (C=O) groups is 1. The van der Waals surface area contributed by atoms with Crippen molar-refractivity contribution in [2.45, 2.75) is 67.2 Å². The van der Waals surface area contributed by atoms with Crippen LogP contribution in [0.3, 0.4) is 0 Å². The molecule has 0 aliphatic heterocycles. The van der Waals surface area contributed by atoms with Gasteiger partial charge in [0.25, 0.3) is 0 Å². The molecular weight excluding hydrogens is 363 g/mol. The number of unbranched alkanes of at least 4 members (excludes halogenated alkanes) is 1. The second kappa shape index (κ2) is 10.1. The van der Waals surface area contributed by atoms with Crippen molar-refractivity contribution in [3.8, 4) is 0 Å². The van der Waals surface area contributed by atoms with Gasteiger partial charge >= 0.3 is 0 Å². The zero-order chi connectivity index (χ0) is 20.8. The maximum absolute atomic E-state index is 13.5. The number of hydrogen-bond acceptors (Lipinski definition) is 2. The fourth-order valence-corrected chi connectivity index (χ4v) is 5.71. The van der Waals surface area contributed by atoms with Crippen LogP contribution in [0.5, 0.6) is 0 Å². The summed E-state index contributed by atoms with van der Waals surface area (Å²) in [6.07, 6.45) is 5.14. The minimum atomic E-state index is -1.59. The Morgan fingerprint density at radius 1 is 1.00 bits per heavy atom. The second-order valence-electron chi connectivity index (χ2n) is 7.96. The Morgan fingerprint density at radius 2 is 1.68 bits per heavy atom. The second-order valence-corrected chi connectivity index (χ2v) is 9.56. The Kier molecular flexibility index (Phi) is 8.13. The Hall–Kier alpha value is -1.79. The first-order chi connectivity index (χ1) is 13.3. The number of benzene rings is 2. The molecule has 2 atom stereocenters. The zero-order valence-electron chi connectivity index (χ0n) is 18.3. The molecule has 1 radical (unpaired) electrons. The van der Waals surface area contributed by atoms with Crippen LogP contribution in [0.15, 0.2) is 30.3 Å². The van der Waals surface area contributed by atoms with E-state index >= 15 is 0 Å². The third-order valence-electron chi connectivity index (χ3n) is 5.97. The van der Waals surface area contributed by atoms with Crippen LogP contribution in [0, 0.1) is 33.6 Å². The zero-order valence-corrected chi connectivity index (χ0v) is 19.2. The van der Waals surface area contributed by atoms with E-state index in [0.29, 0.717) is 17.6 Å². The molecule has 0 aromatic heterocycles. The lowest BCUT2D eigenvalue weighted by Gasteiger charge is -2.17. The molecule has 2 nitrogen and oxygen atoms in total. The fraction of sp³-hybridized carbons (Fsp3) is 0.480. The van der Waals surface area contributed by atoms with Gasteiger partial charge in [0.15, 0.2) is 5.78 Å². The van der Waals surface area contributed by atoms with E-state index in [1.807, 2.05) is 38.1 Å². The molecule has 28 heavy (non-hydrogen) atoms. The van der Waals surface area contributed by atoms with Crippen molar-refractivity contribution in [2.24, 2.45) is 5.92 Å². The highest BCUT2D eigenvalue weighted by molar-refractivity contribution is 7.53. The molecule has 0 spiro atoms. The van der Waals surface area contributed by atoms with E-state index in [1.54, 1.807) is 0 Å². The molecule has 3 heteroatoms. The van der Waals surface area contributed by atoms with Gasteiger partial charge in [0.2, 0.25) is 0 Å². The number of rotatable bonds is 9. The largest absolute Gasteiger partial charge is 0.289 e. The fourth-order valence-electron chi connectivity index (χ4n) is 3.90. The van der Waals surface area contributed by atoms with Crippen molar-refractivity contribution in [1.29, 1.82) is 0 Å². The first-order valence-corrected chi connectivity index (χ1v) is 11.9. The molecule has 2 rings (SSSR count). The van der Waals surface area contributed by atoms with E-state index < -0.39 is 7.80 Å². The van der Waals surface area contributed by atoms with E-state index in [4.69, 9.17) is 0 Å². The third kappa shape index (κ3) is 4.97. The lowest BCUT2D eigenvalue weighted by atomic mass is 9.89. The van der Waals surface area contributed by atoms with Gasteiger partial charge in [-0.05, 0) is 74.4 Å². The maximum atomic E-state index is 13.5. The standard InChI is InChI=1S/C25H34O2P/c1-7-9-12-21(8-2)16-28(27)23-14-11-10-13-22(23)25(26)24-18(4)15-17(3)19(5)20(24)6/h10-11,13-15,21H,7-9,12,16H2,1-6H3. The summed E-state index contributed by atoms with van der Waals surface area (Å²) in [7, 11) is -1.59. The molecule has 0 saturated carbocycles. The van der Waals surface area contributed by atoms with Gasteiger partial charge < -0.3 is 0 Å². The topological polar surface area (TPSA) is 34.1 Å². The van der Waals surface area contributed by atoms with Gasteiger partial charge in [-0.25, -0.2) is 0 Å². The van der Waals surface area contributed by atoms with E-state index in [1.165, 1.54) is 12.0 Å². The van der Waals surface area contributed by atoms with E-state index in [9.17, 15) is 9.36 Å². The monoisotopic (exact) mass is 397 g/mol. The van der Waals surface area contributed by atoms with Crippen molar-refractivity contribution in [1.82, 2.24) is 0 Å². The first kappa shape index (κ1) is 22.5. The molecule has 151 valence electrons. The molecular formula is C25H34O2P. The highest BCUT2D eigenvalue weighted by Gasteiger charge is 2.23. The molecule has 0 aliphatic rings. The minimum absolute atomic E-state index is 0.00124. The summed E-state index contributed by atoms with van der Waals surface area (Å²) in [5.74, 6) is 0.454. The van der Waals surface area contributed by atoms with Crippen molar-refractivity contribution < 1.29 is 9.36 Å². The van der Waals surface area contributed by atoms with Crippen molar-refractivity contribution in [3.05, 3.63) is 63.7 Å². The number of ketones is 1. The van der Waals surface area contributed by atoms with Gasteiger partial charge in [0, 0.05) is 22.6 Å². The van der Waals surface area contributed by atoms with Gasteiger partial charge in [-0.1, -0.05) is 51.3 Å². The highest BCUT2D eigenvalue weighted by atomic mass is 31.1. The van der Waals surface area contributed by atoms with Gasteiger partial charge in [0.05, 0.1) is 0 Å². The molecule has 2 unspecified atom stereocenters. The quantitative estimate of drug-likeness (QED) is 0.344. The van der Waals surface area contributed by atoms with Crippen molar-refractivity contribution in [2.75, 3.05) is 6.16 Å². The van der Waals surface area contributed by atoms with Gasteiger partial charge in [0.1, 0.15) is 7.80 Å². The van der Waals surface area contributed by atoms with E-state index in [2.05, 4.69) is 33.8 Å². The lowest BCUT2D eigenvalue weighted by molar-refractivity contribution is 0.103. The number of carbonyl (C=O) groups excluding carboxylic acids is 1. The Balaban J connectivity index is 2.40. The summed E-state index contributed by atoms with van der Waals surface area (Å²) in [5.41, 5.74) is 5.74. The summed E-state index contributed by atoms with van der Waals surface area (Å²) < 4.78 is 13.2. The molecule has 0 N–H and O–H groups in total. The predicted octanol–water partition coefficient (Wildman–Crippen LogP) is 6.82. The smallest absolute Gasteiger partial charge is 0.194 e. The summed E-state index contributed by atoms with van der Waals surface area (Å²) in [5, 5.41) is 0.717. The molecule has 0 fully saturated rings. The Bertz CT molecular complexity index is 867. The lowest BCUT2D eigenvalue weighted by Crippen LogP contribution is -2.18. The van der Waals surface area contributed by atoms with Crippen LogP contribution in [-0.4, -0.2) is 11.9 Å². The van der Waals surface area contributed by atoms with Crippen LogP contribution in [0.25, 0.3) is 0 Å². The highest BCUT2D eigenvalue weighted by Crippen LogP contribution is 2.31. The van der Waals surface area contributed by atoms with Crippen LogP contribution < -0.4 is 5.30 Å². The van der Waals surface area contributed by atoms with Gasteiger partial charge in [-0.3, -0.25) is 9.36 Å². The molecule has 0 saturated heterocycles. The molecule has 0 aliphatic carbocycles. The maximum Gasteiger partial charge on any atom is 0.194 e. The minimum Gasteiger partial charge on any atom is -0.289 e. The Morgan fingerprint density at radius 3 is 2.32 bits per heavy atom. The normalized spacial score (nSPS) is 12.7. The van der Waals surface area contributed by atoms with Crippen molar-refractivity contribution in [3.63, 3.8) is 0 Å². The summed E-state index contributed by atoms with van der Waals surface area (Å²) in [6, 6.07) is 9.57. The van der Waals surface area contributed by atoms with Crippen LogP contribution in [0.2, 0.25) is 0 Å². The molecule has 0 heterocycles. The molecule has 2 aromatic carbocycles. The van der Waals surface area contributed by atoms with E-state index in [-0.39, 0.29) is 5.78 Å². The first-order valence-electron chi connectivity index (χ1n) is 10.5. The summed E-state index contributed by atoms with van der Waals surface area (Å²) >= 11 is 0. The molecule has 2 aromatic rings. The molecule has 0 amide bonds. The SMILES string of the molecule is CCCCC(CC)C[P](=O)c1ccccc1C(=O)c1c(C)cc(C)c(C)c1C. The Labute approximate surface area is 171 Å². The third-order valence-corrected chi connectivity index (χ3v) is 7.74.